The first-order chi connectivity index (χ1) is 16.3. The highest BCUT2D eigenvalue weighted by Crippen LogP contribution is 2.30. The van der Waals surface area contributed by atoms with Crippen LogP contribution in [0.25, 0.3) is 10.2 Å². The molecule has 1 aromatic heterocycles. The van der Waals surface area contributed by atoms with Crippen molar-refractivity contribution in [2.45, 2.75) is 43.5 Å². The van der Waals surface area contributed by atoms with Crippen LogP contribution >= 0.6 is 11.3 Å². The highest BCUT2D eigenvalue weighted by atomic mass is 32.2. The number of anilines is 1. The number of likely N-dealkylation sites (N-methyl/N-ethyl adjacent to an activating group) is 1. The first kappa shape index (κ1) is 24.8. The minimum Gasteiger partial charge on any atom is -0.308 e. The molecule has 0 aliphatic carbocycles. The maximum atomic E-state index is 13.5. The van der Waals surface area contributed by atoms with Gasteiger partial charge in [0, 0.05) is 31.2 Å². The van der Waals surface area contributed by atoms with Crippen molar-refractivity contribution in [3.63, 3.8) is 0 Å². The molecule has 1 fully saturated rings. The molecule has 2 heterocycles. The van der Waals surface area contributed by atoms with E-state index in [0.717, 1.165) is 35.9 Å². The Kier molecular flexibility index (Phi) is 7.67. The van der Waals surface area contributed by atoms with E-state index in [-0.39, 0.29) is 16.8 Å². The van der Waals surface area contributed by atoms with Crippen LogP contribution in [0.4, 0.5) is 5.13 Å². The molecule has 1 amide bonds. The highest BCUT2D eigenvalue weighted by Gasteiger charge is 2.32. The fourth-order valence-electron chi connectivity index (χ4n) is 4.32. The number of benzene rings is 2. The van der Waals surface area contributed by atoms with Gasteiger partial charge in [0.05, 0.1) is 15.1 Å². The molecule has 0 bridgehead atoms. The van der Waals surface area contributed by atoms with E-state index in [1.807, 2.05) is 50.2 Å². The van der Waals surface area contributed by atoms with Crippen molar-refractivity contribution in [1.82, 2.24) is 14.2 Å². The van der Waals surface area contributed by atoms with Gasteiger partial charge in [0.25, 0.3) is 5.91 Å². The van der Waals surface area contributed by atoms with Gasteiger partial charge in [-0.1, -0.05) is 36.8 Å². The number of piperidine rings is 1. The molecule has 1 aliphatic heterocycles. The van der Waals surface area contributed by atoms with Crippen LogP contribution in [-0.4, -0.2) is 68.3 Å². The average molecular weight is 501 g/mol. The van der Waals surface area contributed by atoms with Gasteiger partial charge < -0.3 is 4.90 Å². The summed E-state index contributed by atoms with van der Waals surface area (Å²) >= 11 is 1.48. The molecule has 4 rings (SSSR count). The predicted octanol–water partition coefficient (Wildman–Crippen LogP) is 4.46. The number of aromatic nitrogens is 1. The van der Waals surface area contributed by atoms with E-state index in [2.05, 4.69) is 4.98 Å². The highest BCUT2D eigenvalue weighted by molar-refractivity contribution is 7.89. The lowest BCUT2D eigenvalue weighted by Gasteiger charge is -2.34. The number of hydrogen-bond acceptors (Lipinski definition) is 6. The lowest BCUT2D eigenvalue weighted by atomic mass is 10.0. The Balaban J connectivity index is 1.60. The summed E-state index contributed by atoms with van der Waals surface area (Å²) in [6, 6.07) is 14.2. The van der Waals surface area contributed by atoms with E-state index in [1.54, 1.807) is 33.5 Å². The van der Waals surface area contributed by atoms with Crippen LogP contribution in [0, 0.1) is 0 Å². The molecular formula is C25H32N4O3S2. The predicted molar refractivity (Wildman–Crippen MR) is 138 cm³/mol. The lowest BCUT2D eigenvalue weighted by Crippen LogP contribution is -2.43. The van der Waals surface area contributed by atoms with Crippen LogP contribution in [-0.2, 0) is 10.0 Å². The molecule has 0 spiro atoms. The van der Waals surface area contributed by atoms with Crippen LogP contribution in [0.1, 0.15) is 43.0 Å². The molecule has 0 N–H and O–H groups in total. The standard InChI is InChI=1S/C25H32N4O3S2/c1-4-20-9-7-8-16-29(20)34(31,32)21-14-12-19(13-15-21)24(30)28(18-17-27(2)3)25-26-22-10-5-6-11-23(22)33-25/h5-6,10-15,20H,4,7-9,16-18H2,1-3H3. The summed E-state index contributed by atoms with van der Waals surface area (Å²) < 4.78 is 29.2. The summed E-state index contributed by atoms with van der Waals surface area (Å²) in [6.07, 6.45) is 3.65. The van der Waals surface area contributed by atoms with Crippen molar-refractivity contribution in [1.29, 1.82) is 0 Å². The lowest BCUT2D eigenvalue weighted by molar-refractivity contribution is 0.0985. The van der Waals surface area contributed by atoms with Crippen LogP contribution in [0.5, 0.6) is 0 Å². The van der Waals surface area contributed by atoms with Crippen molar-refractivity contribution in [2.24, 2.45) is 0 Å². The van der Waals surface area contributed by atoms with E-state index in [1.165, 1.54) is 11.3 Å². The fourth-order valence-corrected chi connectivity index (χ4v) is 7.08. The van der Waals surface area contributed by atoms with Crippen LogP contribution in [0.3, 0.4) is 0 Å². The molecule has 2 aromatic carbocycles. The normalized spacial score (nSPS) is 17.4. The minimum absolute atomic E-state index is 0.0422. The molecule has 7 nitrogen and oxygen atoms in total. The SMILES string of the molecule is CCC1CCCCN1S(=O)(=O)c1ccc(C(=O)N(CCN(C)C)c2nc3ccccc3s2)cc1. The maximum absolute atomic E-state index is 13.5. The Bertz CT molecular complexity index is 1210. The summed E-state index contributed by atoms with van der Waals surface area (Å²) in [7, 11) is 0.341. The zero-order chi connectivity index (χ0) is 24.3. The Morgan fingerprint density at radius 2 is 1.82 bits per heavy atom. The third-order valence-corrected chi connectivity index (χ3v) is 9.31. The van der Waals surface area contributed by atoms with Crippen molar-refractivity contribution < 1.29 is 13.2 Å². The number of carbonyl (C=O) groups excluding carboxylic acids is 1. The number of fused-ring (bicyclic) bond motifs is 1. The fraction of sp³-hybridized carbons (Fsp3) is 0.440. The topological polar surface area (TPSA) is 73.8 Å². The van der Waals surface area contributed by atoms with Gasteiger partial charge in [-0.05, 0) is 69.8 Å². The van der Waals surface area contributed by atoms with Gasteiger partial charge in [-0.2, -0.15) is 4.31 Å². The Morgan fingerprint density at radius 1 is 1.09 bits per heavy atom. The van der Waals surface area contributed by atoms with Gasteiger partial charge in [-0.25, -0.2) is 13.4 Å². The van der Waals surface area contributed by atoms with Crippen molar-refractivity contribution in [2.75, 3.05) is 38.6 Å². The number of rotatable bonds is 8. The van der Waals surface area contributed by atoms with Crippen molar-refractivity contribution >= 4 is 42.6 Å². The molecule has 1 unspecified atom stereocenters. The first-order valence-electron chi connectivity index (χ1n) is 11.8. The van der Waals surface area contributed by atoms with Gasteiger partial charge in [0.15, 0.2) is 5.13 Å². The molecule has 9 heteroatoms. The van der Waals surface area contributed by atoms with Gasteiger partial charge in [0.2, 0.25) is 10.0 Å². The third kappa shape index (κ3) is 5.17. The van der Waals surface area contributed by atoms with E-state index >= 15 is 0 Å². The number of thiazole rings is 1. The molecule has 0 radical (unpaired) electrons. The van der Waals surface area contributed by atoms with Gasteiger partial charge in [0.1, 0.15) is 0 Å². The number of amides is 1. The molecular weight excluding hydrogens is 468 g/mol. The number of nitrogens with zero attached hydrogens (tertiary/aromatic N) is 4. The largest absolute Gasteiger partial charge is 0.308 e. The van der Waals surface area contributed by atoms with E-state index in [4.69, 9.17) is 0 Å². The zero-order valence-corrected chi connectivity index (χ0v) is 21.6. The molecule has 182 valence electrons. The zero-order valence-electron chi connectivity index (χ0n) is 20.0. The summed E-state index contributed by atoms with van der Waals surface area (Å²) in [5, 5.41) is 0.642. The number of para-hydroxylation sites is 1. The quantitative estimate of drug-likeness (QED) is 0.457. The smallest absolute Gasteiger partial charge is 0.260 e. The first-order valence-corrected chi connectivity index (χ1v) is 14.0. The Morgan fingerprint density at radius 3 is 2.50 bits per heavy atom. The second-order valence-electron chi connectivity index (χ2n) is 8.92. The van der Waals surface area contributed by atoms with Crippen LogP contribution < -0.4 is 4.90 Å². The second-order valence-corrected chi connectivity index (χ2v) is 11.8. The monoisotopic (exact) mass is 500 g/mol. The van der Waals surface area contributed by atoms with Gasteiger partial charge in [-0.3, -0.25) is 9.69 Å². The maximum Gasteiger partial charge on any atom is 0.260 e. The van der Waals surface area contributed by atoms with Gasteiger partial charge in [-0.15, -0.1) is 0 Å². The van der Waals surface area contributed by atoms with Crippen molar-refractivity contribution in [3.05, 3.63) is 54.1 Å². The number of sulfonamides is 1. The van der Waals surface area contributed by atoms with E-state index < -0.39 is 10.0 Å². The molecule has 1 saturated heterocycles. The van der Waals surface area contributed by atoms with E-state index in [9.17, 15) is 13.2 Å². The Hall–Kier alpha value is -2.33. The van der Waals surface area contributed by atoms with Crippen molar-refractivity contribution in [3.8, 4) is 0 Å². The number of hydrogen-bond donors (Lipinski definition) is 0. The number of carbonyl (C=O) groups is 1. The second kappa shape index (κ2) is 10.5. The molecule has 3 aromatic rings. The average Bonchev–Trinajstić information content (AvgIpc) is 3.27. The molecule has 0 saturated carbocycles. The summed E-state index contributed by atoms with van der Waals surface area (Å²) in [4.78, 5) is 22.1. The molecule has 34 heavy (non-hydrogen) atoms. The Labute approximate surface area is 206 Å². The van der Waals surface area contributed by atoms with Crippen LogP contribution in [0.15, 0.2) is 53.4 Å². The molecule has 1 aliphatic rings. The molecule has 1 atom stereocenters. The minimum atomic E-state index is -3.59. The van der Waals surface area contributed by atoms with Gasteiger partial charge >= 0.3 is 0 Å². The summed E-state index contributed by atoms with van der Waals surface area (Å²) in [5.74, 6) is -0.186. The van der Waals surface area contributed by atoms with Crippen LogP contribution in [0.2, 0.25) is 0 Å². The van der Waals surface area contributed by atoms with E-state index in [0.29, 0.717) is 30.3 Å². The summed E-state index contributed by atoms with van der Waals surface area (Å²) in [6.45, 7) is 3.75. The third-order valence-electron chi connectivity index (χ3n) is 6.28. The summed E-state index contributed by atoms with van der Waals surface area (Å²) in [5.41, 5.74) is 1.31.